The maximum absolute atomic E-state index is 12.8. The molecule has 33 heavy (non-hydrogen) atoms. The molecule has 0 bridgehead atoms. The van der Waals surface area contributed by atoms with Gasteiger partial charge in [-0.3, -0.25) is 14.5 Å². The molecule has 1 spiro atoms. The number of hydrogen-bond acceptors (Lipinski definition) is 3. The summed E-state index contributed by atoms with van der Waals surface area (Å²) in [5.41, 5.74) is 5.88. The lowest BCUT2D eigenvalue weighted by atomic mass is 9.74. The first kappa shape index (κ1) is 21.9. The van der Waals surface area contributed by atoms with Crippen LogP contribution in [0.2, 0.25) is 0 Å². The molecular formula is C28H33N3O2. The van der Waals surface area contributed by atoms with E-state index in [-0.39, 0.29) is 23.8 Å². The van der Waals surface area contributed by atoms with E-state index in [0.29, 0.717) is 11.6 Å². The van der Waals surface area contributed by atoms with Crippen LogP contribution in [0.4, 0.5) is 0 Å². The van der Waals surface area contributed by atoms with Gasteiger partial charge in [-0.1, -0.05) is 42.5 Å². The van der Waals surface area contributed by atoms with E-state index in [9.17, 15) is 9.59 Å². The predicted molar refractivity (Wildman–Crippen MR) is 131 cm³/mol. The van der Waals surface area contributed by atoms with Gasteiger partial charge in [-0.05, 0) is 80.6 Å². The molecule has 172 valence electrons. The highest BCUT2D eigenvalue weighted by Gasteiger charge is 2.40. The Morgan fingerprint density at radius 3 is 2.61 bits per heavy atom. The third-order valence-electron chi connectivity index (χ3n) is 7.97. The van der Waals surface area contributed by atoms with E-state index in [0.717, 1.165) is 56.6 Å². The van der Waals surface area contributed by atoms with Gasteiger partial charge < -0.3 is 10.2 Å². The van der Waals surface area contributed by atoms with Crippen LogP contribution in [-0.2, 0) is 10.2 Å². The first-order valence-electron chi connectivity index (χ1n) is 12.1. The SMILES string of the molecule is Cc1ccc(C(=O)NCC(=O)N2CCC(N3CCC4(C=Cc5ccccc54)CC3)C2)cc1C. The van der Waals surface area contributed by atoms with Crippen LogP contribution >= 0.6 is 0 Å². The van der Waals surface area contributed by atoms with Crippen molar-refractivity contribution < 1.29 is 9.59 Å². The van der Waals surface area contributed by atoms with Crippen molar-refractivity contribution in [3.8, 4) is 0 Å². The summed E-state index contributed by atoms with van der Waals surface area (Å²) in [7, 11) is 0. The number of fused-ring (bicyclic) bond motifs is 2. The third kappa shape index (κ3) is 4.22. The average Bonchev–Trinajstić information content (AvgIpc) is 3.46. The Morgan fingerprint density at radius 2 is 1.82 bits per heavy atom. The summed E-state index contributed by atoms with van der Waals surface area (Å²) in [6.45, 7) is 7.74. The highest BCUT2D eigenvalue weighted by molar-refractivity contribution is 5.96. The summed E-state index contributed by atoms with van der Waals surface area (Å²) < 4.78 is 0. The predicted octanol–water partition coefficient (Wildman–Crippen LogP) is 3.69. The molecule has 2 fully saturated rings. The van der Waals surface area contributed by atoms with Gasteiger partial charge in [0.15, 0.2) is 0 Å². The van der Waals surface area contributed by atoms with Crippen molar-refractivity contribution in [2.24, 2.45) is 0 Å². The fourth-order valence-electron chi connectivity index (χ4n) is 5.68. The summed E-state index contributed by atoms with van der Waals surface area (Å²) >= 11 is 0. The molecular weight excluding hydrogens is 410 g/mol. The number of hydrogen-bond donors (Lipinski definition) is 1. The normalized spacial score (nSPS) is 21.4. The second-order valence-corrected chi connectivity index (χ2v) is 9.88. The molecule has 1 atom stereocenters. The van der Waals surface area contributed by atoms with Crippen LogP contribution in [-0.4, -0.2) is 60.4 Å². The van der Waals surface area contributed by atoms with Gasteiger partial charge in [-0.25, -0.2) is 0 Å². The van der Waals surface area contributed by atoms with Gasteiger partial charge in [-0.15, -0.1) is 0 Å². The largest absolute Gasteiger partial charge is 0.343 e. The van der Waals surface area contributed by atoms with Crippen molar-refractivity contribution in [3.05, 3.63) is 76.4 Å². The van der Waals surface area contributed by atoms with Crippen molar-refractivity contribution in [3.63, 3.8) is 0 Å². The Morgan fingerprint density at radius 1 is 1.03 bits per heavy atom. The van der Waals surface area contributed by atoms with Gasteiger partial charge in [0.25, 0.3) is 5.91 Å². The molecule has 5 nitrogen and oxygen atoms in total. The lowest BCUT2D eigenvalue weighted by molar-refractivity contribution is -0.129. The monoisotopic (exact) mass is 443 g/mol. The zero-order valence-corrected chi connectivity index (χ0v) is 19.6. The lowest BCUT2D eigenvalue weighted by Crippen LogP contribution is -2.47. The minimum Gasteiger partial charge on any atom is -0.343 e. The van der Waals surface area contributed by atoms with Gasteiger partial charge in [0.05, 0.1) is 6.54 Å². The smallest absolute Gasteiger partial charge is 0.251 e. The zero-order valence-electron chi connectivity index (χ0n) is 19.6. The molecule has 1 aliphatic carbocycles. The molecule has 0 aromatic heterocycles. The van der Waals surface area contributed by atoms with E-state index in [1.165, 1.54) is 11.1 Å². The number of carbonyl (C=O) groups excluding carboxylic acids is 2. The van der Waals surface area contributed by atoms with Crippen molar-refractivity contribution in [2.45, 2.75) is 44.6 Å². The summed E-state index contributed by atoms with van der Waals surface area (Å²) in [6, 6.07) is 14.8. The topological polar surface area (TPSA) is 52.7 Å². The molecule has 3 aliphatic rings. The maximum Gasteiger partial charge on any atom is 0.251 e. The lowest BCUT2D eigenvalue weighted by Gasteiger charge is -2.41. The van der Waals surface area contributed by atoms with Crippen LogP contribution in [0.15, 0.2) is 48.5 Å². The summed E-state index contributed by atoms with van der Waals surface area (Å²) in [6.07, 6.45) is 7.98. The van der Waals surface area contributed by atoms with Crippen LogP contribution < -0.4 is 5.32 Å². The first-order valence-corrected chi connectivity index (χ1v) is 12.1. The number of likely N-dealkylation sites (tertiary alicyclic amines) is 2. The zero-order chi connectivity index (χ0) is 23.0. The molecule has 2 amide bonds. The number of carbonyl (C=O) groups is 2. The second kappa shape index (κ2) is 8.79. The molecule has 0 radical (unpaired) electrons. The summed E-state index contributed by atoms with van der Waals surface area (Å²) in [5, 5.41) is 2.81. The average molecular weight is 444 g/mol. The Labute approximate surface area is 196 Å². The molecule has 5 rings (SSSR count). The molecule has 5 heteroatoms. The minimum absolute atomic E-state index is 0.0100. The quantitative estimate of drug-likeness (QED) is 0.784. The van der Waals surface area contributed by atoms with Gasteiger partial charge in [-0.2, -0.15) is 0 Å². The Hall–Kier alpha value is -2.92. The van der Waals surface area contributed by atoms with E-state index >= 15 is 0 Å². The number of rotatable bonds is 4. The standard InChI is InChI=1S/C28H33N3O2/c1-20-7-8-23(17-21(20)2)27(33)29-18-26(32)31-14-10-24(19-31)30-15-12-28(13-16-30)11-9-22-5-3-4-6-25(22)28/h3-9,11,17,24H,10,12-16,18-19H2,1-2H3,(H,29,33). The maximum atomic E-state index is 12.8. The molecule has 0 saturated carbocycles. The molecule has 2 aliphatic heterocycles. The number of amides is 2. The van der Waals surface area contributed by atoms with Crippen molar-refractivity contribution in [1.82, 2.24) is 15.1 Å². The van der Waals surface area contributed by atoms with E-state index in [1.807, 2.05) is 36.9 Å². The van der Waals surface area contributed by atoms with Crippen molar-refractivity contribution in [2.75, 3.05) is 32.7 Å². The van der Waals surface area contributed by atoms with E-state index < -0.39 is 0 Å². The number of nitrogens with zero attached hydrogens (tertiary/aromatic N) is 2. The van der Waals surface area contributed by atoms with Gasteiger partial charge >= 0.3 is 0 Å². The number of benzene rings is 2. The van der Waals surface area contributed by atoms with Crippen LogP contribution in [0.5, 0.6) is 0 Å². The van der Waals surface area contributed by atoms with Crippen molar-refractivity contribution >= 4 is 17.9 Å². The highest BCUT2D eigenvalue weighted by Crippen LogP contribution is 2.44. The van der Waals surface area contributed by atoms with Gasteiger partial charge in [0, 0.05) is 30.1 Å². The summed E-state index contributed by atoms with van der Waals surface area (Å²) in [4.78, 5) is 29.7. The molecule has 2 aromatic rings. The molecule has 2 saturated heterocycles. The number of allylic oxidation sites excluding steroid dienone is 1. The fourth-order valence-corrected chi connectivity index (χ4v) is 5.68. The van der Waals surface area contributed by atoms with Gasteiger partial charge in [0.1, 0.15) is 0 Å². The highest BCUT2D eigenvalue weighted by atomic mass is 16.2. The number of nitrogens with one attached hydrogen (secondary N) is 1. The van der Waals surface area contributed by atoms with Crippen LogP contribution in [0.25, 0.3) is 6.08 Å². The minimum atomic E-state index is -0.187. The molecule has 2 aromatic carbocycles. The van der Waals surface area contributed by atoms with Crippen LogP contribution in [0.3, 0.4) is 0 Å². The fraction of sp³-hybridized carbons (Fsp3) is 0.429. The Balaban J connectivity index is 1.12. The second-order valence-electron chi connectivity index (χ2n) is 9.88. The van der Waals surface area contributed by atoms with E-state index in [2.05, 4.69) is 46.6 Å². The van der Waals surface area contributed by atoms with E-state index in [4.69, 9.17) is 0 Å². The molecule has 2 heterocycles. The van der Waals surface area contributed by atoms with Gasteiger partial charge in [0.2, 0.25) is 5.91 Å². The number of aryl methyl sites for hydroxylation is 2. The summed E-state index contributed by atoms with van der Waals surface area (Å²) in [5.74, 6) is -0.177. The Bertz CT molecular complexity index is 1100. The van der Waals surface area contributed by atoms with Crippen molar-refractivity contribution in [1.29, 1.82) is 0 Å². The Kier molecular flexibility index (Phi) is 5.83. The first-order chi connectivity index (χ1) is 15.9. The van der Waals surface area contributed by atoms with Crippen LogP contribution in [0.1, 0.15) is 51.9 Å². The molecule has 1 N–H and O–H groups in total. The third-order valence-corrected chi connectivity index (χ3v) is 7.97. The molecule has 1 unspecified atom stereocenters. The van der Waals surface area contributed by atoms with E-state index in [1.54, 1.807) is 0 Å². The number of piperidine rings is 1. The van der Waals surface area contributed by atoms with Crippen LogP contribution in [0, 0.1) is 13.8 Å².